The summed E-state index contributed by atoms with van der Waals surface area (Å²) in [5, 5.41) is 15.1. The van der Waals surface area contributed by atoms with Gasteiger partial charge >= 0.3 is 0 Å². The molecule has 3 heterocycles. The van der Waals surface area contributed by atoms with Gasteiger partial charge in [0.2, 0.25) is 17.7 Å². The van der Waals surface area contributed by atoms with Crippen molar-refractivity contribution in [1.29, 1.82) is 0 Å². The smallest absolute Gasteiger partial charge is 0.245 e. The van der Waals surface area contributed by atoms with Gasteiger partial charge < -0.3 is 25.4 Å². The number of nitrogens with one attached hydrogen (secondary N) is 2. The number of aliphatic hydroxyl groups excluding tert-OH is 1. The van der Waals surface area contributed by atoms with E-state index in [-0.39, 0.29) is 24.3 Å². The minimum atomic E-state index is -0.979. The highest BCUT2D eigenvalue weighted by Gasteiger charge is 2.78. The third kappa shape index (κ3) is 4.65. The van der Waals surface area contributed by atoms with E-state index < -0.39 is 29.1 Å². The summed E-state index contributed by atoms with van der Waals surface area (Å²) in [4.78, 5) is 43.0. The fraction of sp³-hybridized carbons (Fsp3) is 0.679. The number of ether oxygens (including phenoxy) is 1. The number of likely N-dealkylation sites (tertiary alicyclic amines) is 1. The van der Waals surface area contributed by atoms with Crippen molar-refractivity contribution in [1.82, 2.24) is 10.2 Å². The van der Waals surface area contributed by atoms with Crippen LogP contribution in [0.2, 0.25) is 0 Å². The SMILES string of the molecule is CCCCNC(=O)C1N(CCCCCCO)C(=O)[C@@H]2[C@@H](C(=O)Nc3ccccc3)[C@@]3(CC)CCC12O3. The van der Waals surface area contributed by atoms with Crippen LogP contribution in [0.5, 0.6) is 0 Å². The molecule has 8 heteroatoms. The number of carbonyl (C=O) groups excluding carboxylic acids is 3. The van der Waals surface area contributed by atoms with Crippen molar-refractivity contribution >= 4 is 23.4 Å². The predicted molar refractivity (Wildman–Crippen MR) is 137 cm³/mol. The molecule has 3 aliphatic heterocycles. The van der Waals surface area contributed by atoms with Gasteiger partial charge in [0.05, 0.1) is 17.4 Å². The Bertz CT molecular complexity index is 940. The van der Waals surface area contributed by atoms with Crippen molar-refractivity contribution < 1.29 is 24.2 Å². The Hall–Kier alpha value is -2.45. The molecule has 1 aromatic rings. The van der Waals surface area contributed by atoms with Gasteiger partial charge in [-0.2, -0.15) is 0 Å². The molecule has 0 radical (unpaired) electrons. The molecule has 1 aromatic carbocycles. The molecule has 3 N–H and O–H groups in total. The van der Waals surface area contributed by atoms with E-state index in [9.17, 15) is 14.4 Å². The number of nitrogens with zero attached hydrogens (tertiary/aromatic N) is 1. The number of benzene rings is 1. The average molecular weight is 500 g/mol. The lowest BCUT2D eigenvalue weighted by atomic mass is 9.65. The molecule has 0 aromatic heterocycles. The molecule has 3 fully saturated rings. The minimum absolute atomic E-state index is 0.143. The number of carbonyl (C=O) groups is 3. The monoisotopic (exact) mass is 499 g/mol. The predicted octanol–water partition coefficient (Wildman–Crippen LogP) is 3.25. The minimum Gasteiger partial charge on any atom is -0.396 e. The first-order valence-corrected chi connectivity index (χ1v) is 13.7. The maximum Gasteiger partial charge on any atom is 0.245 e. The van der Waals surface area contributed by atoms with Gasteiger partial charge in [0, 0.05) is 25.4 Å². The molecule has 5 atom stereocenters. The molecule has 0 aliphatic carbocycles. The van der Waals surface area contributed by atoms with E-state index in [1.807, 2.05) is 37.3 Å². The molecule has 2 unspecified atom stereocenters. The van der Waals surface area contributed by atoms with Crippen LogP contribution >= 0.6 is 0 Å². The van der Waals surface area contributed by atoms with Crippen molar-refractivity contribution in [3.8, 4) is 0 Å². The van der Waals surface area contributed by atoms with Crippen LogP contribution in [0.4, 0.5) is 5.69 Å². The zero-order valence-electron chi connectivity index (χ0n) is 21.6. The second kappa shape index (κ2) is 11.3. The number of hydrogen-bond acceptors (Lipinski definition) is 5. The maximum absolute atomic E-state index is 14.0. The van der Waals surface area contributed by atoms with Crippen molar-refractivity contribution in [2.45, 2.75) is 88.9 Å². The lowest BCUT2D eigenvalue weighted by Crippen LogP contribution is -2.55. The summed E-state index contributed by atoms with van der Waals surface area (Å²) < 4.78 is 6.76. The number of fused-ring (bicyclic) bond motifs is 1. The lowest BCUT2D eigenvalue weighted by Gasteiger charge is -2.34. The number of amides is 3. The Morgan fingerprint density at radius 1 is 1.06 bits per heavy atom. The number of aliphatic hydroxyl groups is 1. The van der Waals surface area contributed by atoms with Gasteiger partial charge in [-0.3, -0.25) is 14.4 Å². The van der Waals surface area contributed by atoms with E-state index in [1.165, 1.54) is 0 Å². The van der Waals surface area contributed by atoms with Crippen LogP contribution < -0.4 is 10.6 Å². The number of anilines is 1. The van der Waals surface area contributed by atoms with Crippen molar-refractivity contribution in [2.75, 3.05) is 25.0 Å². The molecular weight excluding hydrogens is 458 g/mol. The van der Waals surface area contributed by atoms with Gasteiger partial charge in [-0.25, -0.2) is 0 Å². The Kier molecular flexibility index (Phi) is 8.35. The van der Waals surface area contributed by atoms with Crippen LogP contribution in [0.15, 0.2) is 30.3 Å². The van der Waals surface area contributed by atoms with E-state index in [4.69, 9.17) is 9.84 Å². The second-order valence-electron chi connectivity index (χ2n) is 10.5. The molecular formula is C28H41N3O5. The van der Waals surface area contributed by atoms with E-state index in [0.29, 0.717) is 38.0 Å². The van der Waals surface area contributed by atoms with Crippen LogP contribution in [-0.2, 0) is 19.1 Å². The van der Waals surface area contributed by atoms with Gasteiger partial charge in [0.15, 0.2) is 0 Å². The highest BCUT2D eigenvalue weighted by Crippen LogP contribution is 2.64. The van der Waals surface area contributed by atoms with Crippen LogP contribution in [0.1, 0.15) is 71.6 Å². The molecule has 198 valence electrons. The Morgan fingerprint density at radius 3 is 2.50 bits per heavy atom. The number of rotatable bonds is 13. The summed E-state index contributed by atoms with van der Waals surface area (Å²) >= 11 is 0. The summed E-state index contributed by atoms with van der Waals surface area (Å²) in [7, 11) is 0. The average Bonchev–Trinajstić information content (AvgIpc) is 3.48. The van der Waals surface area contributed by atoms with Gasteiger partial charge in [0.1, 0.15) is 11.6 Å². The Morgan fingerprint density at radius 2 is 1.81 bits per heavy atom. The molecule has 36 heavy (non-hydrogen) atoms. The quantitative estimate of drug-likeness (QED) is 0.361. The fourth-order valence-electron chi connectivity index (χ4n) is 6.63. The highest BCUT2D eigenvalue weighted by atomic mass is 16.5. The summed E-state index contributed by atoms with van der Waals surface area (Å²) in [6.45, 7) is 5.23. The second-order valence-corrected chi connectivity index (χ2v) is 10.5. The molecule has 8 nitrogen and oxygen atoms in total. The number of para-hydroxylation sites is 1. The maximum atomic E-state index is 14.0. The zero-order valence-corrected chi connectivity index (χ0v) is 21.6. The van der Waals surface area contributed by atoms with Crippen LogP contribution in [0.25, 0.3) is 0 Å². The van der Waals surface area contributed by atoms with Crippen molar-refractivity contribution in [3.63, 3.8) is 0 Å². The molecule has 4 rings (SSSR count). The van der Waals surface area contributed by atoms with Gasteiger partial charge in [0.25, 0.3) is 0 Å². The summed E-state index contributed by atoms with van der Waals surface area (Å²) in [6, 6.07) is 8.55. The first-order chi connectivity index (χ1) is 17.4. The van der Waals surface area contributed by atoms with Crippen LogP contribution in [0.3, 0.4) is 0 Å². The summed E-state index contributed by atoms with van der Waals surface area (Å²) in [6.07, 6.45) is 6.90. The molecule has 0 saturated carbocycles. The largest absolute Gasteiger partial charge is 0.396 e. The molecule has 1 spiro atoms. The van der Waals surface area contributed by atoms with Gasteiger partial charge in [-0.1, -0.05) is 51.3 Å². The molecule has 2 bridgehead atoms. The third-order valence-electron chi connectivity index (χ3n) is 8.39. The summed E-state index contributed by atoms with van der Waals surface area (Å²) in [5.41, 5.74) is -1.03. The van der Waals surface area contributed by atoms with E-state index in [2.05, 4.69) is 17.6 Å². The molecule has 3 amide bonds. The Balaban J connectivity index is 1.63. The third-order valence-corrected chi connectivity index (χ3v) is 8.39. The highest BCUT2D eigenvalue weighted by molar-refractivity contribution is 6.02. The van der Waals surface area contributed by atoms with E-state index >= 15 is 0 Å². The van der Waals surface area contributed by atoms with Crippen molar-refractivity contribution in [2.24, 2.45) is 11.8 Å². The Labute approximate surface area is 214 Å². The molecule has 3 saturated heterocycles. The van der Waals surface area contributed by atoms with E-state index in [1.54, 1.807) is 4.90 Å². The summed E-state index contributed by atoms with van der Waals surface area (Å²) in [5.74, 6) is -1.84. The molecule has 3 aliphatic rings. The van der Waals surface area contributed by atoms with Gasteiger partial charge in [-0.15, -0.1) is 0 Å². The first-order valence-electron chi connectivity index (χ1n) is 13.7. The first kappa shape index (κ1) is 26.6. The van der Waals surface area contributed by atoms with Crippen LogP contribution in [-0.4, -0.2) is 64.7 Å². The lowest BCUT2D eigenvalue weighted by molar-refractivity contribution is -0.146. The topological polar surface area (TPSA) is 108 Å². The fourth-order valence-corrected chi connectivity index (χ4v) is 6.63. The normalized spacial score (nSPS) is 30.5. The van der Waals surface area contributed by atoms with Gasteiger partial charge in [-0.05, 0) is 50.7 Å². The van der Waals surface area contributed by atoms with Crippen molar-refractivity contribution in [3.05, 3.63) is 30.3 Å². The van der Waals surface area contributed by atoms with E-state index in [0.717, 1.165) is 38.5 Å². The standard InChI is InChI=1S/C28H41N3O5/c1-3-5-17-29-25(34)23-28-16-15-27(4-2,36-28)21(24(33)30-20-13-9-8-10-14-20)22(28)26(35)31(23)18-11-6-7-12-19-32/h8-10,13-14,21-23,32H,3-7,11-12,15-19H2,1-2H3,(H,29,34)(H,30,33)/t21-,22-,23?,27+,28?/m0/s1. The number of hydrogen-bond donors (Lipinski definition) is 3. The number of unbranched alkanes of at least 4 members (excludes halogenated alkanes) is 4. The zero-order chi connectivity index (χ0) is 25.8. The van der Waals surface area contributed by atoms with Crippen LogP contribution in [0, 0.1) is 11.8 Å².